The van der Waals surface area contributed by atoms with Crippen molar-refractivity contribution in [1.82, 2.24) is 0 Å². The Morgan fingerprint density at radius 2 is 1.58 bits per heavy atom. The highest BCUT2D eigenvalue weighted by atomic mass is 32.2. The number of Topliss-reactive ketones (excluding diaryl/α,β-unsaturated/α-hetero) is 2. The van der Waals surface area contributed by atoms with Crippen LogP contribution in [0.4, 0.5) is 10.4 Å². The van der Waals surface area contributed by atoms with Gasteiger partial charge in [0.2, 0.25) is 5.91 Å². The molecule has 2 atom stereocenters. The van der Waals surface area contributed by atoms with E-state index < -0.39 is 21.6 Å². The van der Waals surface area contributed by atoms with E-state index in [4.69, 9.17) is 9.29 Å². The fraction of sp³-hybridized carbons (Fsp3) is 0.591. The molecule has 198 valence electrons. The van der Waals surface area contributed by atoms with E-state index in [2.05, 4.69) is 10.1 Å². The molecule has 0 heterocycles. The highest BCUT2D eigenvalue weighted by Crippen LogP contribution is 2.19. The van der Waals surface area contributed by atoms with Gasteiger partial charge in [-0.2, -0.15) is 8.42 Å². The second-order valence-electron chi connectivity index (χ2n) is 6.21. The van der Waals surface area contributed by atoms with Gasteiger partial charge in [0.15, 0.2) is 11.6 Å². The zero-order valence-corrected chi connectivity index (χ0v) is 18.0. The van der Waals surface area contributed by atoms with Gasteiger partial charge in [-0.25, -0.2) is 0 Å². The number of hydrogen-bond donors (Lipinski definition) is 2. The topological polar surface area (TPSA) is 136 Å². The van der Waals surface area contributed by atoms with E-state index in [9.17, 15) is 22.8 Å². The van der Waals surface area contributed by atoms with Crippen LogP contribution in [0.5, 0.6) is 0 Å². The van der Waals surface area contributed by atoms with Crippen LogP contribution >= 0.6 is 0 Å². The molecule has 1 aromatic carbocycles. The minimum atomic E-state index is -4.34. The first-order valence-electron chi connectivity index (χ1n) is 8.23. The van der Waals surface area contributed by atoms with Crippen LogP contribution in [0, 0.1) is 0 Å². The summed E-state index contributed by atoms with van der Waals surface area (Å²) in [5.74, 6) is -0.739. The first-order valence-corrected chi connectivity index (χ1v) is 9.67. The Labute approximate surface area is 199 Å². The van der Waals surface area contributed by atoms with Crippen LogP contribution in [0.25, 0.3) is 0 Å². The van der Waals surface area contributed by atoms with E-state index in [-0.39, 0.29) is 69.1 Å². The lowest BCUT2D eigenvalue weighted by atomic mass is 9.97. The molecule has 11 heteroatoms. The molecule has 2 unspecified atom stereocenters. The van der Waals surface area contributed by atoms with Crippen LogP contribution in [0.15, 0.2) is 29.2 Å². The third-order valence-corrected chi connectivity index (χ3v) is 4.88. The molecule has 2 N–H and O–H groups in total. The molecule has 0 bridgehead atoms. The molecule has 0 radical (unpaired) electrons. The highest BCUT2D eigenvalue weighted by Gasteiger charge is 2.32. The predicted molar refractivity (Wildman–Crippen MR) is 132 cm³/mol. The van der Waals surface area contributed by atoms with Crippen molar-refractivity contribution in [2.75, 3.05) is 19.5 Å². The molecule has 33 heavy (non-hydrogen) atoms. The van der Waals surface area contributed by atoms with Crippen molar-refractivity contribution in [2.24, 2.45) is 0 Å². The minimum Gasteiger partial charge on any atom is -0.374 e. The lowest BCUT2D eigenvalue weighted by molar-refractivity contribution is -0.141. The van der Waals surface area contributed by atoms with E-state index in [1.807, 2.05) is 0 Å². The zero-order chi connectivity index (χ0) is 22.1. The second-order valence-corrected chi connectivity index (χ2v) is 7.63. The fourth-order valence-corrected chi connectivity index (χ4v) is 2.28. The number of carbonyl (C=O) groups is 3. The SMILES string of the molecule is C.C.C.C.COC(C)(CC(=O)Nc1cccc(S(=O)(=O)O)c1)C(C)=O.COC(C)C(C)=O.F. The van der Waals surface area contributed by atoms with Crippen LogP contribution in [0.2, 0.25) is 0 Å². The van der Waals surface area contributed by atoms with Crippen molar-refractivity contribution < 1.29 is 41.5 Å². The van der Waals surface area contributed by atoms with E-state index in [1.165, 1.54) is 53.2 Å². The molecular formula is C22H44FNO8S. The fourth-order valence-electron chi connectivity index (χ4n) is 1.75. The monoisotopic (exact) mass is 501 g/mol. The van der Waals surface area contributed by atoms with E-state index in [0.717, 1.165) is 6.07 Å². The summed E-state index contributed by atoms with van der Waals surface area (Å²) in [6.07, 6.45) is -0.449. The number of ether oxygens (including phenoxy) is 2. The normalized spacial score (nSPS) is 12.0. The summed E-state index contributed by atoms with van der Waals surface area (Å²) < 4.78 is 40.7. The number of benzene rings is 1. The van der Waals surface area contributed by atoms with Crippen molar-refractivity contribution in [2.45, 2.75) is 80.4 Å². The molecule has 9 nitrogen and oxygen atoms in total. The Morgan fingerprint density at radius 3 is 1.88 bits per heavy atom. The van der Waals surface area contributed by atoms with Gasteiger partial charge >= 0.3 is 0 Å². The van der Waals surface area contributed by atoms with E-state index in [0.29, 0.717) is 0 Å². The van der Waals surface area contributed by atoms with Gasteiger partial charge in [0.25, 0.3) is 10.1 Å². The van der Waals surface area contributed by atoms with Gasteiger partial charge in [-0.3, -0.25) is 23.6 Å². The summed E-state index contributed by atoms with van der Waals surface area (Å²) in [6, 6.07) is 5.15. The summed E-state index contributed by atoms with van der Waals surface area (Å²) in [7, 11) is -1.50. The third-order valence-electron chi connectivity index (χ3n) is 4.03. The average molecular weight is 502 g/mol. The zero-order valence-electron chi connectivity index (χ0n) is 17.2. The molecule has 0 saturated carbocycles. The van der Waals surface area contributed by atoms with Crippen LogP contribution in [-0.4, -0.2) is 56.4 Å². The summed E-state index contributed by atoms with van der Waals surface area (Å²) in [6.45, 7) is 6.04. The highest BCUT2D eigenvalue weighted by molar-refractivity contribution is 7.85. The Balaban J connectivity index is -0.000000134. The van der Waals surface area contributed by atoms with Crippen LogP contribution in [0.1, 0.15) is 63.8 Å². The Bertz CT molecular complexity index is 814. The van der Waals surface area contributed by atoms with Crippen LogP contribution in [0.3, 0.4) is 0 Å². The van der Waals surface area contributed by atoms with Crippen molar-refractivity contribution in [3.05, 3.63) is 24.3 Å². The van der Waals surface area contributed by atoms with Gasteiger partial charge in [0.1, 0.15) is 11.7 Å². The van der Waals surface area contributed by atoms with E-state index in [1.54, 1.807) is 6.92 Å². The van der Waals surface area contributed by atoms with E-state index >= 15 is 0 Å². The van der Waals surface area contributed by atoms with Gasteiger partial charge in [0.05, 0.1) is 11.3 Å². The minimum absolute atomic E-state index is 0. The van der Waals surface area contributed by atoms with Crippen LogP contribution in [-0.2, 0) is 34.0 Å². The van der Waals surface area contributed by atoms with Crippen molar-refractivity contribution >= 4 is 33.3 Å². The van der Waals surface area contributed by atoms with Gasteiger partial charge < -0.3 is 14.8 Å². The number of amides is 1. The molecule has 0 aliphatic heterocycles. The number of hydrogen-bond acceptors (Lipinski definition) is 7. The molecule has 1 rings (SSSR count). The Hall–Kier alpha value is -2.21. The lowest BCUT2D eigenvalue weighted by Crippen LogP contribution is -2.39. The average Bonchev–Trinajstić information content (AvgIpc) is 2.60. The molecule has 0 saturated heterocycles. The first-order chi connectivity index (χ1) is 12.8. The van der Waals surface area contributed by atoms with Crippen LogP contribution < -0.4 is 5.32 Å². The smallest absolute Gasteiger partial charge is 0.294 e. The molecule has 0 spiro atoms. The van der Waals surface area contributed by atoms with Crippen molar-refractivity contribution in [1.29, 1.82) is 0 Å². The molecule has 0 aliphatic carbocycles. The summed E-state index contributed by atoms with van der Waals surface area (Å²) >= 11 is 0. The molecular weight excluding hydrogens is 457 g/mol. The van der Waals surface area contributed by atoms with Gasteiger partial charge in [0, 0.05) is 19.9 Å². The maximum absolute atomic E-state index is 11.9. The summed E-state index contributed by atoms with van der Waals surface area (Å²) in [5, 5.41) is 2.45. The number of nitrogens with one attached hydrogen (secondary N) is 1. The Morgan fingerprint density at radius 1 is 1.09 bits per heavy atom. The molecule has 0 aliphatic rings. The third kappa shape index (κ3) is 16.1. The van der Waals surface area contributed by atoms with Gasteiger partial charge in [-0.15, -0.1) is 0 Å². The Kier molecular flexibility index (Phi) is 26.0. The number of carbonyl (C=O) groups excluding carboxylic acids is 3. The molecule has 1 amide bonds. The second kappa shape index (κ2) is 19.3. The predicted octanol–water partition coefficient (Wildman–Crippen LogP) is 4.56. The maximum atomic E-state index is 11.9. The molecule has 0 aromatic heterocycles. The van der Waals surface area contributed by atoms with Crippen molar-refractivity contribution in [3.63, 3.8) is 0 Å². The number of ketones is 2. The van der Waals surface area contributed by atoms with Crippen molar-refractivity contribution in [3.8, 4) is 0 Å². The largest absolute Gasteiger partial charge is 0.374 e. The summed E-state index contributed by atoms with van der Waals surface area (Å²) in [4.78, 5) is 33.3. The standard InChI is InChI=1S/C13H17NO6S.C5H10O2.4CH4.FH/c1-9(15)13(2,20-3)8-12(16)14-10-5-4-6-11(7-10)21(17,18)19;1-4(6)5(2)7-3;;;;;/h4-7H,8H2,1-3H3,(H,14,16)(H,17,18,19);5H,1-3H3;4*1H4;1H. The number of methoxy groups -OCH3 is 2. The quantitative estimate of drug-likeness (QED) is 0.495. The number of rotatable bonds is 8. The number of anilines is 1. The van der Waals surface area contributed by atoms with Gasteiger partial charge in [-0.1, -0.05) is 35.8 Å². The van der Waals surface area contributed by atoms with Gasteiger partial charge in [-0.05, 0) is 45.9 Å². The number of halogens is 1. The maximum Gasteiger partial charge on any atom is 0.294 e. The summed E-state index contributed by atoms with van der Waals surface area (Å²) in [5.41, 5.74) is -1.05. The first kappa shape index (κ1) is 44.5. The molecule has 0 fully saturated rings. The lowest BCUT2D eigenvalue weighted by Gasteiger charge is -2.24. The molecule has 1 aromatic rings.